The summed E-state index contributed by atoms with van der Waals surface area (Å²) < 4.78 is 4.85. The Hall–Kier alpha value is -3.15. The van der Waals surface area contributed by atoms with Crippen LogP contribution in [-0.4, -0.2) is 42.2 Å². The van der Waals surface area contributed by atoms with Gasteiger partial charge >= 0.3 is 5.97 Å². The molecule has 0 radical (unpaired) electrons. The van der Waals surface area contributed by atoms with Crippen LogP contribution in [0.15, 0.2) is 59.7 Å². The van der Waals surface area contributed by atoms with Gasteiger partial charge in [-0.3, -0.25) is 9.80 Å². The van der Waals surface area contributed by atoms with Crippen molar-refractivity contribution in [1.82, 2.24) is 4.90 Å². The van der Waals surface area contributed by atoms with Crippen LogP contribution in [0, 0.1) is 0 Å². The molecule has 1 amide bonds. The topological polar surface area (TPSA) is 62.2 Å². The van der Waals surface area contributed by atoms with Crippen LogP contribution in [0.5, 0.6) is 0 Å². The maximum absolute atomic E-state index is 13.3. The molecule has 2 aliphatic rings. The van der Waals surface area contributed by atoms with Crippen molar-refractivity contribution in [1.29, 1.82) is 0 Å². The fourth-order valence-corrected chi connectivity index (χ4v) is 3.76. The molecule has 0 aliphatic carbocycles. The van der Waals surface area contributed by atoms with Gasteiger partial charge in [0.1, 0.15) is 5.71 Å². The van der Waals surface area contributed by atoms with Gasteiger partial charge in [-0.25, -0.2) is 4.79 Å². The quantitative estimate of drug-likeness (QED) is 0.787. The zero-order chi connectivity index (χ0) is 19.0. The number of fused-ring (bicyclic) bond motifs is 3. The minimum atomic E-state index is -0.422. The van der Waals surface area contributed by atoms with E-state index < -0.39 is 5.97 Å². The second-order valence-corrected chi connectivity index (χ2v) is 6.80. The number of hydrazone groups is 1. The molecular weight excluding hydrogens is 342 g/mol. The van der Waals surface area contributed by atoms with Crippen molar-refractivity contribution in [2.75, 3.05) is 18.7 Å². The molecule has 27 heavy (non-hydrogen) atoms. The highest BCUT2D eigenvalue weighted by atomic mass is 16.5. The van der Waals surface area contributed by atoms with Crippen molar-refractivity contribution in [2.24, 2.45) is 5.10 Å². The van der Waals surface area contributed by atoms with Gasteiger partial charge in [-0.05, 0) is 24.6 Å². The van der Waals surface area contributed by atoms with Crippen molar-refractivity contribution in [3.05, 3.63) is 65.7 Å². The van der Waals surface area contributed by atoms with Gasteiger partial charge in [0, 0.05) is 13.0 Å². The molecule has 0 aromatic heterocycles. The summed E-state index contributed by atoms with van der Waals surface area (Å²) in [5.74, 6) is -0.444. The zero-order valence-corrected chi connectivity index (χ0v) is 15.3. The number of esters is 1. The molecule has 2 aromatic rings. The van der Waals surface area contributed by atoms with Gasteiger partial charge in [0.15, 0.2) is 0 Å². The Bertz CT molecular complexity index is 910. The second-order valence-electron chi connectivity index (χ2n) is 6.80. The third kappa shape index (κ3) is 2.97. The summed E-state index contributed by atoms with van der Waals surface area (Å²) >= 11 is 0. The van der Waals surface area contributed by atoms with Gasteiger partial charge in [0.2, 0.25) is 0 Å². The van der Waals surface area contributed by atoms with Gasteiger partial charge in [-0.2, -0.15) is 5.10 Å². The normalized spacial score (nSPS) is 19.7. The Balaban J connectivity index is 1.75. The van der Waals surface area contributed by atoms with Crippen LogP contribution in [0.2, 0.25) is 0 Å². The van der Waals surface area contributed by atoms with Gasteiger partial charge < -0.3 is 9.64 Å². The first-order valence-electron chi connectivity index (χ1n) is 9.00. The van der Waals surface area contributed by atoms with Gasteiger partial charge in [-0.1, -0.05) is 42.5 Å². The highest BCUT2D eigenvalue weighted by molar-refractivity contribution is 6.37. The monoisotopic (exact) mass is 363 g/mol. The van der Waals surface area contributed by atoms with Crippen molar-refractivity contribution in [2.45, 2.75) is 25.4 Å². The molecule has 2 heterocycles. The molecule has 2 aliphatic heterocycles. The lowest BCUT2D eigenvalue weighted by Crippen LogP contribution is -2.40. The summed E-state index contributed by atoms with van der Waals surface area (Å²) in [6.07, 6.45) is 0.451. The number of carbonyl (C=O) groups is 2. The van der Waals surface area contributed by atoms with Crippen LogP contribution in [0.4, 0.5) is 5.69 Å². The highest BCUT2D eigenvalue weighted by Gasteiger charge is 2.40. The number of rotatable bonds is 3. The number of anilines is 1. The van der Waals surface area contributed by atoms with E-state index in [1.54, 1.807) is 5.01 Å². The Morgan fingerprint density at radius 1 is 1.15 bits per heavy atom. The van der Waals surface area contributed by atoms with Crippen LogP contribution in [-0.2, 0) is 9.53 Å². The standard InChI is InChI=1S/C21H21N3O3/c1-14(15-8-4-3-5-9-15)23-13-16-12-18(21(26)27-2)22-24(16)19-11-7-6-10-17(19)20(23)25/h3-11,14,16H,12-13H2,1-2H3/t14-,16+/m0/s1. The van der Waals surface area contributed by atoms with Crippen molar-refractivity contribution < 1.29 is 14.3 Å². The molecule has 0 unspecified atom stereocenters. The zero-order valence-electron chi connectivity index (χ0n) is 15.3. The van der Waals surface area contributed by atoms with Crippen molar-refractivity contribution in [3.8, 4) is 0 Å². The molecule has 0 saturated heterocycles. The molecule has 6 heteroatoms. The van der Waals surface area contributed by atoms with E-state index in [1.165, 1.54) is 7.11 Å². The number of ether oxygens (including phenoxy) is 1. The third-order valence-electron chi connectivity index (χ3n) is 5.22. The lowest BCUT2D eigenvalue weighted by Gasteiger charge is -2.31. The van der Waals surface area contributed by atoms with Crippen molar-refractivity contribution >= 4 is 23.3 Å². The number of para-hydroxylation sites is 1. The minimum Gasteiger partial charge on any atom is -0.464 e. The van der Waals surface area contributed by atoms with E-state index in [2.05, 4.69) is 5.10 Å². The number of hydrogen-bond acceptors (Lipinski definition) is 5. The lowest BCUT2D eigenvalue weighted by molar-refractivity contribution is -0.132. The Morgan fingerprint density at radius 3 is 2.59 bits per heavy atom. The summed E-state index contributed by atoms with van der Waals surface area (Å²) in [5.41, 5.74) is 2.79. The molecule has 0 spiro atoms. The van der Waals surface area contributed by atoms with E-state index in [-0.39, 0.29) is 18.0 Å². The first-order valence-corrected chi connectivity index (χ1v) is 9.00. The smallest absolute Gasteiger partial charge is 0.354 e. The molecular formula is C21H21N3O3. The number of carbonyl (C=O) groups excluding carboxylic acids is 2. The van der Waals surface area contributed by atoms with E-state index >= 15 is 0 Å². The largest absolute Gasteiger partial charge is 0.464 e. The maximum Gasteiger partial charge on any atom is 0.354 e. The van der Waals surface area contributed by atoms with E-state index in [0.717, 1.165) is 11.3 Å². The number of methoxy groups -OCH3 is 1. The van der Waals surface area contributed by atoms with E-state index in [9.17, 15) is 9.59 Å². The SMILES string of the molecule is COC(=O)C1=NN2c3ccccc3C(=O)N([C@@H](C)c3ccccc3)C[C@H]2C1. The van der Waals surface area contributed by atoms with Crippen LogP contribution < -0.4 is 5.01 Å². The fourth-order valence-electron chi connectivity index (χ4n) is 3.76. The summed E-state index contributed by atoms with van der Waals surface area (Å²) in [5, 5.41) is 6.28. The Kier molecular flexibility index (Phi) is 4.39. The van der Waals surface area contributed by atoms with Crippen LogP contribution >= 0.6 is 0 Å². The van der Waals surface area contributed by atoms with E-state index in [4.69, 9.17) is 4.74 Å². The number of hydrogen-bond donors (Lipinski definition) is 0. The first kappa shape index (κ1) is 17.3. The van der Waals surface area contributed by atoms with Crippen LogP contribution in [0.1, 0.15) is 35.3 Å². The number of nitrogens with zero attached hydrogens (tertiary/aromatic N) is 3. The van der Waals surface area contributed by atoms with Crippen LogP contribution in [0.3, 0.4) is 0 Å². The Morgan fingerprint density at radius 2 is 1.85 bits per heavy atom. The number of benzene rings is 2. The lowest BCUT2D eigenvalue weighted by atomic mass is 10.0. The van der Waals surface area contributed by atoms with E-state index in [0.29, 0.717) is 24.2 Å². The minimum absolute atomic E-state index is 0.0221. The van der Waals surface area contributed by atoms with Gasteiger partial charge in [0.25, 0.3) is 5.91 Å². The molecule has 138 valence electrons. The summed E-state index contributed by atoms with van der Waals surface area (Å²) in [7, 11) is 1.36. The predicted molar refractivity (Wildman–Crippen MR) is 103 cm³/mol. The van der Waals surface area contributed by atoms with Gasteiger partial charge in [0.05, 0.1) is 30.4 Å². The maximum atomic E-state index is 13.3. The fraction of sp³-hybridized carbons (Fsp3) is 0.286. The molecule has 0 N–H and O–H groups in total. The molecule has 0 fully saturated rings. The average molecular weight is 363 g/mol. The van der Waals surface area contributed by atoms with Crippen molar-refractivity contribution in [3.63, 3.8) is 0 Å². The Labute approximate surface area is 158 Å². The predicted octanol–water partition coefficient (Wildman–Crippen LogP) is 3.01. The molecule has 0 bridgehead atoms. The molecule has 6 nitrogen and oxygen atoms in total. The first-order chi connectivity index (χ1) is 13.1. The molecule has 2 aromatic carbocycles. The van der Waals surface area contributed by atoms with Crippen LogP contribution in [0.25, 0.3) is 0 Å². The summed E-state index contributed by atoms with van der Waals surface area (Å²) in [6, 6.07) is 17.2. The summed E-state index contributed by atoms with van der Waals surface area (Å²) in [6.45, 7) is 2.51. The molecule has 4 rings (SSSR count). The third-order valence-corrected chi connectivity index (χ3v) is 5.22. The molecule has 2 atom stereocenters. The highest BCUT2D eigenvalue weighted by Crippen LogP contribution is 2.35. The van der Waals surface area contributed by atoms with E-state index in [1.807, 2.05) is 66.4 Å². The molecule has 0 saturated carbocycles. The second kappa shape index (κ2) is 6.87. The average Bonchev–Trinajstić information content (AvgIpc) is 3.10. The van der Waals surface area contributed by atoms with Gasteiger partial charge in [-0.15, -0.1) is 0 Å². The summed E-state index contributed by atoms with van der Waals surface area (Å²) in [4.78, 5) is 27.2. The number of amides is 1.